The third-order valence-corrected chi connectivity index (χ3v) is 4.10. The highest BCUT2D eigenvalue weighted by Gasteiger charge is 2.16. The second kappa shape index (κ2) is 5.64. The van der Waals surface area contributed by atoms with Crippen LogP contribution in [0.3, 0.4) is 0 Å². The minimum absolute atomic E-state index is 0.615. The number of thiazole rings is 1. The Hall–Kier alpha value is -0.610. The van der Waals surface area contributed by atoms with Crippen molar-refractivity contribution in [3.8, 4) is 0 Å². The molecule has 1 fully saturated rings. The number of hydrogen-bond donors (Lipinski definition) is 1. The van der Waals surface area contributed by atoms with Crippen molar-refractivity contribution >= 4 is 16.5 Å². The highest BCUT2D eigenvalue weighted by atomic mass is 32.1. The van der Waals surface area contributed by atoms with Crippen molar-refractivity contribution in [2.45, 2.75) is 39.2 Å². The van der Waals surface area contributed by atoms with E-state index >= 15 is 0 Å². The monoisotopic (exact) mass is 239 g/mol. The minimum atomic E-state index is 0.615. The Morgan fingerprint density at radius 3 is 2.81 bits per heavy atom. The standard InChI is InChI=1S/C12H21N3S/c1-10-9-16-12(14-10)13-8-11(2)15-6-4-3-5-7-15/h9,11H,3-8H2,1-2H3,(H,13,14). The fraction of sp³-hybridized carbons (Fsp3) is 0.750. The average molecular weight is 239 g/mol. The lowest BCUT2D eigenvalue weighted by Crippen LogP contribution is -2.41. The number of nitrogens with zero attached hydrogens (tertiary/aromatic N) is 2. The summed E-state index contributed by atoms with van der Waals surface area (Å²) in [6.07, 6.45) is 4.13. The first-order valence-corrected chi connectivity index (χ1v) is 7.04. The summed E-state index contributed by atoms with van der Waals surface area (Å²) in [5.74, 6) is 0. The molecule has 1 saturated heterocycles. The van der Waals surface area contributed by atoms with Gasteiger partial charge in [0.05, 0.1) is 5.69 Å². The molecule has 1 aromatic heterocycles. The van der Waals surface area contributed by atoms with E-state index in [1.807, 2.05) is 6.92 Å². The number of hydrogen-bond acceptors (Lipinski definition) is 4. The summed E-state index contributed by atoms with van der Waals surface area (Å²) in [6, 6.07) is 0.615. The second-order valence-electron chi connectivity index (χ2n) is 4.62. The van der Waals surface area contributed by atoms with Crippen LogP contribution in [-0.4, -0.2) is 35.6 Å². The van der Waals surface area contributed by atoms with E-state index < -0.39 is 0 Å². The topological polar surface area (TPSA) is 28.2 Å². The van der Waals surface area contributed by atoms with Crippen LogP contribution in [0.2, 0.25) is 0 Å². The Morgan fingerprint density at radius 2 is 2.19 bits per heavy atom. The molecule has 16 heavy (non-hydrogen) atoms. The number of nitrogens with one attached hydrogen (secondary N) is 1. The zero-order valence-electron chi connectivity index (χ0n) is 10.2. The first-order valence-electron chi connectivity index (χ1n) is 6.16. The molecule has 2 heterocycles. The van der Waals surface area contributed by atoms with E-state index in [-0.39, 0.29) is 0 Å². The van der Waals surface area contributed by atoms with E-state index in [0.29, 0.717) is 6.04 Å². The molecule has 1 aliphatic heterocycles. The van der Waals surface area contributed by atoms with Crippen LogP contribution in [0, 0.1) is 6.92 Å². The number of piperidine rings is 1. The Balaban J connectivity index is 1.76. The van der Waals surface area contributed by atoms with Gasteiger partial charge in [0, 0.05) is 18.0 Å². The number of aryl methyl sites for hydroxylation is 1. The summed E-state index contributed by atoms with van der Waals surface area (Å²) in [7, 11) is 0. The van der Waals surface area contributed by atoms with Crippen molar-refractivity contribution < 1.29 is 0 Å². The zero-order valence-corrected chi connectivity index (χ0v) is 11.0. The molecule has 0 amide bonds. The molecule has 0 bridgehead atoms. The van der Waals surface area contributed by atoms with Gasteiger partial charge in [-0.25, -0.2) is 4.98 Å². The third-order valence-electron chi connectivity index (χ3n) is 3.18. The maximum Gasteiger partial charge on any atom is 0.182 e. The Labute approximate surface area is 102 Å². The summed E-state index contributed by atoms with van der Waals surface area (Å²) >= 11 is 1.70. The van der Waals surface area contributed by atoms with E-state index in [4.69, 9.17) is 0 Å². The van der Waals surface area contributed by atoms with Gasteiger partial charge in [0.25, 0.3) is 0 Å². The van der Waals surface area contributed by atoms with Gasteiger partial charge in [0.1, 0.15) is 0 Å². The lowest BCUT2D eigenvalue weighted by molar-refractivity contribution is 0.180. The van der Waals surface area contributed by atoms with E-state index in [0.717, 1.165) is 17.4 Å². The van der Waals surface area contributed by atoms with Crippen LogP contribution in [0.5, 0.6) is 0 Å². The van der Waals surface area contributed by atoms with Crippen LogP contribution >= 0.6 is 11.3 Å². The highest BCUT2D eigenvalue weighted by molar-refractivity contribution is 7.13. The molecule has 2 rings (SSSR count). The minimum Gasteiger partial charge on any atom is -0.360 e. The van der Waals surface area contributed by atoms with E-state index in [1.165, 1.54) is 32.4 Å². The quantitative estimate of drug-likeness (QED) is 0.875. The number of rotatable bonds is 4. The van der Waals surface area contributed by atoms with E-state index in [1.54, 1.807) is 11.3 Å². The van der Waals surface area contributed by atoms with Gasteiger partial charge in [-0.1, -0.05) is 6.42 Å². The van der Waals surface area contributed by atoms with Gasteiger partial charge in [-0.05, 0) is 39.8 Å². The van der Waals surface area contributed by atoms with Crippen molar-refractivity contribution in [1.29, 1.82) is 0 Å². The molecule has 0 aliphatic carbocycles. The summed E-state index contributed by atoms with van der Waals surface area (Å²) < 4.78 is 0. The maximum absolute atomic E-state index is 4.42. The van der Waals surface area contributed by atoms with Crippen molar-refractivity contribution in [3.63, 3.8) is 0 Å². The smallest absolute Gasteiger partial charge is 0.182 e. The molecule has 1 aromatic rings. The lowest BCUT2D eigenvalue weighted by Gasteiger charge is -2.32. The predicted octanol–water partition coefficient (Wildman–Crippen LogP) is 2.74. The fourth-order valence-corrected chi connectivity index (χ4v) is 2.86. The van der Waals surface area contributed by atoms with Crippen molar-refractivity contribution in [2.75, 3.05) is 25.0 Å². The molecule has 1 unspecified atom stereocenters. The molecular weight excluding hydrogens is 218 g/mol. The zero-order chi connectivity index (χ0) is 11.4. The second-order valence-corrected chi connectivity index (χ2v) is 5.48. The molecule has 1 atom stereocenters. The fourth-order valence-electron chi connectivity index (χ4n) is 2.16. The van der Waals surface area contributed by atoms with Gasteiger partial charge in [0.2, 0.25) is 0 Å². The molecule has 90 valence electrons. The van der Waals surface area contributed by atoms with E-state index in [2.05, 4.69) is 27.5 Å². The van der Waals surface area contributed by atoms with Crippen LogP contribution in [0.4, 0.5) is 5.13 Å². The molecule has 1 aliphatic rings. The molecular formula is C12H21N3S. The van der Waals surface area contributed by atoms with Gasteiger partial charge >= 0.3 is 0 Å². The maximum atomic E-state index is 4.42. The summed E-state index contributed by atoms with van der Waals surface area (Å²) in [5.41, 5.74) is 1.11. The van der Waals surface area contributed by atoms with Crippen LogP contribution in [-0.2, 0) is 0 Å². The van der Waals surface area contributed by atoms with Gasteiger partial charge in [0.15, 0.2) is 5.13 Å². The van der Waals surface area contributed by atoms with Crippen molar-refractivity contribution in [3.05, 3.63) is 11.1 Å². The first-order chi connectivity index (χ1) is 7.75. The highest BCUT2D eigenvalue weighted by Crippen LogP contribution is 2.16. The van der Waals surface area contributed by atoms with Crippen LogP contribution in [0.1, 0.15) is 31.9 Å². The Morgan fingerprint density at radius 1 is 1.44 bits per heavy atom. The SMILES string of the molecule is Cc1csc(NCC(C)N2CCCCC2)n1. The van der Waals surface area contributed by atoms with Crippen LogP contribution < -0.4 is 5.32 Å². The van der Waals surface area contributed by atoms with Crippen LogP contribution in [0.25, 0.3) is 0 Å². The van der Waals surface area contributed by atoms with Gasteiger partial charge in [-0.3, -0.25) is 4.90 Å². The number of aromatic nitrogens is 1. The van der Waals surface area contributed by atoms with Crippen molar-refractivity contribution in [2.24, 2.45) is 0 Å². The molecule has 1 N–H and O–H groups in total. The van der Waals surface area contributed by atoms with Gasteiger partial charge in [-0.2, -0.15) is 0 Å². The van der Waals surface area contributed by atoms with Crippen LogP contribution in [0.15, 0.2) is 5.38 Å². The lowest BCUT2D eigenvalue weighted by atomic mass is 10.1. The number of likely N-dealkylation sites (tertiary alicyclic amines) is 1. The Kier molecular flexibility index (Phi) is 4.18. The van der Waals surface area contributed by atoms with E-state index in [9.17, 15) is 0 Å². The first kappa shape index (κ1) is 11.9. The molecule has 0 aromatic carbocycles. The normalized spacial score (nSPS) is 19.6. The number of anilines is 1. The van der Waals surface area contributed by atoms with Gasteiger partial charge in [-0.15, -0.1) is 11.3 Å². The average Bonchev–Trinajstić information content (AvgIpc) is 2.73. The van der Waals surface area contributed by atoms with Gasteiger partial charge < -0.3 is 5.32 Å². The molecule has 4 heteroatoms. The molecule has 3 nitrogen and oxygen atoms in total. The summed E-state index contributed by atoms with van der Waals surface area (Å²) in [4.78, 5) is 7.00. The third kappa shape index (κ3) is 3.19. The predicted molar refractivity (Wildman–Crippen MR) is 70.2 cm³/mol. The summed E-state index contributed by atoms with van der Waals surface area (Å²) in [5, 5.41) is 6.58. The molecule has 0 spiro atoms. The molecule has 0 radical (unpaired) electrons. The molecule has 0 saturated carbocycles. The Bertz CT molecular complexity index is 318. The summed E-state index contributed by atoms with van der Waals surface area (Å²) in [6.45, 7) is 7.88. The van der Waals surface area contributed by atoms with Crippen molar-refractivity contribution in [1.82, 2.24) is 9.88 Å². The largest absolute Gasteiger partial charge is 0.360 e.